The monoisotopic (exact) mass is 2360 g/mol. The number of rotatable bonds is 23. The van der Waals surface area contributed by atoms with Gasteiger partial charge in [0.25, 0.3) is 0 Å². The molecular formula is C110H113Br2Cl5N13O14S6+. The largest absolute Gasteiger partial charge is 0.486 e. The fraction of sp³-hybridized carbons (Fsp3) is 0.382. The molecule has 10 atom stereocenters. The molecule has 786 valence electrons. The van der Waals surface area contributed by atoms with Gasteiger partial charge in [0.1, 0.15) is 74.3 Å². The number of aldehydes is 1. The van der Waals surface area contributed by atoms with Gasteiger partial charge in [0.2, 0.25) is 23.5 Å². The fourth-order valence-corrected chi connectivity index (χ4v) is 28.1. The summed E-state index contributed by atoms with van der Waals surface area (Å²) in [6, 6.07) is 58.1. The van der Waals surface area contributed by atoms with Gasteiger partial charge >= 0.3 is 18.0 Å². The number of nitrogens with one attached hydrogen (secondary N) is 3. The molecule has 40 heteroatoms. The lowest BCUT2D eigenvalue weighted by Crippen LogP contribution is -2.48. The zero-order valence-corrected chi connectivity index (χ0v) is 93.7. The molecule has 7 fully saturated rings. The number of hydrogen-bond acceptors (Lipinski definition) is 28. The summed E-state index contributed by atoms with van der Waals surface area (Å²) < 4.78 is 43.0. The summed E-state index contributed by atoms with van der Waals surface area (Å²) in [7, 11) is 0. The van der Waals surface area contributed by atoms with E-state index in [0.29, 0.717) is 125 Å². The van der Waals surface area contributed by atoms with Crippen molar-refractivity contribution >= 4 is 272 Å². The maximum Gasteiger partial charge on any atom is 0.394 e. The molecule has 0 bridgehead atoms. The van der Waals surface area contributed by atoms with E-state index in [1.807, 2.05) is 126 Å². The number of carbonyl (C=O) groups excluding carboxylic acids is 4. The third-order valence-electron chi connectivity index (χ3n) is 28.7. The van der Waals surface area contributed by atoms with Crippen molar-refractivity contribution in [3.63, 3.8) is 0 Å². The highest BCUT2D eigenvalue weighted by atomic mass is 79.9. The molecule has 27 nitrogen and oxygen atoms in total. The first-order valence-corrected chi connectivity index (χ1v) is 59.0. The average Bonchev–Trinajstić information content (AvgIpc) is 1.63. The van der Waals surface area contributed by atoms with Crippen LogP contribution < -0.4 is 59.2 Å². The van der Waals surface area contributed by atoms with Crippen LogP contribution in [-0.2, 0) is 23.6 Å². The molecule has 3 amide bonds. The summed E-state index contributed by atoms with van der Waals surface area (Å²) in [6.45, 7) is 15.9. The van der Waals surface area contributed by atoms with Gasteiger partial charge in [-0.1, -0.05) is 94.4 Å². The van der Waals surface area contributed by atoms with E-state index in [1.54, 1.807) is 51.6 Å². The van der Waals surface area contributed by atoms with Crippen LogP contribution in [0.4, 0.5) is 22.9 Å². The Balaban J connectivity index is 0.000000115. The molecule has 150 heavy (non-hydrogen) atoms. The summed E-state index contributed by atoms with van der Waals surface area (Å²) >= 11 is 46.2. The lowest BCUT2D eigenvalue weighted by molar-refractivity contribution is -0.367. The number of amides is 3. The molecule has 7 N–H and O–H groups in total. The first-order valence-electron chi connectivity index (χ1n) is 50.6. The smallest absolute Gasteiger partial charge is 0.394 e. The molecule has 0 spiro atoms. The number of carbonyl (C=O) groups is 4. The van der Waals surface area contributed by atoms with Gasteiger partial charge in [-0.2, -0.15) is 0 Å². The zero-order valence-electron chi connectivity index (χ0n) is 81.8. The first kappa shape index (κ1) is 107. The van der Waals surface area contributed by atoms with Gasteiger partial charge in [-0.05, 0) is 313 Å². The van der Waals surface area contributed by atoms with Crippen molar-refractivity contribution in [1.29, 1.82) is 0 Å². The number of carboxylic acids is 1. The summed E-state index contributed by atoms with van der Waals surface area (Å²) in [5.74, 6) is 3.36. The standard InChI is InChI=1S/2C28H32ClN3O4S.C28H30ClN3O4S.C12H11ClN2O2S.C7H3BrClNS.C7H4BrNS/c3*29-26-14-18-3-5-21(15-25(18)37-26)32-10-7-20(16-32)28(34)30-22(17-31-8-1-2-9-31)27(33)19-4-6-23-24(13-19)36-12-11-35-23;13-9-5-7-1-2-10(14-11(7)18-9)15-4-3-8(6-15)12(16)17;8-5-2-1-4-3-6(9)11-7(4)10-5;8-6-2-1-5-3-4-10-7(5)9-6/h2*3-6,13-15,20,22,27,33H,1-2,7-12,16-17H2,(H,30,34);3-6,12-15,20,22,27,33H,1-2,7-11,16-17H2;1-2,5,8H,3-4,6H2,(H,16,17);1-3H;1-4H/p+1/t20?,22-,27-;20-,22-,27-;20-,22+,27+;;;/m110.../s1. The highest BCUT2D eigenvalue weighted by Gasteiger charge is 2.40. The Kier molecular flexibility index (Phi) is 35.7. The molecule has 6 aromatic carbocycles. The van der Waals surface area contributed by atoms with Gasteiger partial charge in [-0.15, -0.1) is 68.0 Å². The summed E-state index contributed by atoms with van der Waals surface area (Å²) in [6.07, 6.45) is 8.98. The van der Waals surface area contributed by atoms with Crippen LogP contribution in [0.15, 0.2) is 197 Å². The first-order chi connectivity index (χ1) is 72.8. The SMILES string of the molecule is Brc1ccc2ccsc2n1.Clc1cc2ccc(Br)nc2s1.O=C(N[C@H](CN1CCCC1)[C@H](O)c1ccc2c(c1)OCCO2)C1CCN(c2ccc3cc(Cl)sc3c2)C1.O=C(N[C@H](CN1CCCC1)[C@H](O)c1ccc2c(c1)OCCO2)[C@@H]1CCN(c2ccc3cc(Cl)sc3c2)C1.O=C(N[C@H](CN1CCCC1)[C@H](O)c1ccc2c(c1)[O+]=CCO2)[C@H]1CCN(c2ccc3cc(Cl)sc3c2)C1.O=C(O)C1CCN(c2ccc3cc(Cl)sc3n2)C1. The third-order valence-corrected chi connectivity index (χ3v) is 36.5. The van der Waals surface area contributed by atoms with E-state index in [1.165, 1.54) is 28.1 Å². The van der Waals surface area contributed by atoms with Gasteiger partial charge in [0, 0.05) is 119 Å². The van der Waals surface area contributed by atoms with Crippen LogP contribution in [-0.4, -0.2) is 242 Å². The number of aliphatic hydroxyl groups excluding tert-OH is 3. The number of pyridine rings is 3. The third kappa shape index (κ3) is 27.0. The van der Waals surface area contributed by atoms with Crippen LogP contribution in [0.1, 0.15) is 99.2 Å². The van der Waals surface area contributed by atoms with Gasteiger partial charge < -0.3 is 94.4 Å². The second kappa shape index (κ2) is 49.9. The van der Waals surface area contributed by atoms with Crippen molar-refractivity contribution in [1.82, 2.24) is 45.6 Å². The quantitative estimate of drug-likeness (QED) is 0.0178. The van der Waals surface area contributed by atoms with Crippen LogP contribution in [0.3, 0.4) is 0 Å². The molecule has 2 unspecified atom stereocenters. The topological polar surface area (TPSA) is 304 Å². The minimum Gasteiger partial charge on any atom is -0.486 e. The number of aliphatic hydroxyl groups is 3. The Morgan fingerprint density at radius 2 is 0.733 bits per heavy atom. The predicted octanol–water partition coefficient (Wildman–Crippen LogP) is 23.1. The second-order valence-corrected chi connectivity index (χ2v) is 49.8. The fourth-order valence-electron chi connectivity index (χ4n) is 20.7. The van der Waals surface area contributed by atoms with Crippen molar-refractivity contribution < 1.29 is 67.7 Å². The summed E-state index contributed by atoms with van der Waals surface area (Å²) in [4.78, 5) is 83.1. The Hall–Kier alpha value is -9.55. The molecule has 19 heterocycles. The average molecular weight is 2370 g/mol. The van der Waals surface area contributed by atoms with Crippen molar-refractivity contribution in [2.45, 2.75) is 101 Å². The Bertz CT molecular complexity index is 7150. The summed E-state index contributed by atoms with van der Waals surface area (Å²) in [5, 5.41) is 61.7. The zero-order chi connectivity index (χ0) is 104. The maximum atomic E-state index is 13.5. The Labute approximate surface area is 934 Å². The Morgan fingerprint density at radius 3 is 1.17 bits per heavy atom. The number of benzene rings is 6. The van der Waals surface area contributed by atoms with E-state index < -0.39 is 42.4 Å². The minimum absolute atomic E-state index is 0.00290. The number of thiophene rings is 6. The van der Waals surface area contributed by atoms with Gasteiger partial charge in [-0.25, -0.2) is 19.4 Å². The number of carboxylic acid groups (broad SMARTS) is 1. The van der Waals surface area contributed by atoms with E-state index in [2.05, 4.69) is 159 Å². The molecule has 0 aliphatic carbocycles. The Morgan fingerprint density at radius 1 is 0.373 bits per heavy atom. The molecule has 7 saturated heterocycles. The molecule has 10 aliphatic rings. The molecule has 15 aromatic rings. The van der Waals surface area contributed by atoms with Crippen LogP contribution in [0, 0.1) is 23.7 Å². The highest BCUT2D eigenvalue weighted by Crippen LogP contribution is 2.44. The van der Waals surface area contributed by atoms with Crippen LogP contribution in [0.25, 0.3) is 60.9 Å². The van der Waals surface area contributed by atoms with Crippen molar-refractivity contribution in [3.05, 3.63) is 235 Å². The predicted molar refractivity (Wildman–Crippen MR) is 614 cm³/mol. The second-order valence-electron chi connectivity index (χ2n) is 38.8. The van der Waals surface area contributed by atoms with Gasteiger partial charge in [0.15, 0.2) is 29.6 Å². The number of hydrogen-bond donors (Lipinski definition) is 7. The van der Waals surface area contributed by atoms with Gasteiger partial charge in [-0.3, -0.25) is 19.2 Å². The number of nitrogens with zero attached hydrogens (tertiary/aromatic N) is 10. The lowest BCUT2D eigenvalue weighted by atomic mass is 9.99. The molecule has 0 radical (unpaired) electrons. The molecule has 9 aromatic heterocycles. The number of likely N-dealkylation sites (tertiary alicyclic amines) is 3. The van der Waals surface area contributed by atoms with Gasteiger partial charge in [0.05, 0.1) is 69.5 Å². The number of fused-ring (bicyclic) bond motifs is 9. The van der Waals surface area contributed by atoms with E-state index in [-0.39, 0.29) is 41.4 Å². The molecular weight excluding hydrogens is 2260 g/mol. The van der Waals surface area contributed by atoms with E-state index in [4.69, 9.17) is 91.2 Å². The number of anilines is 4. The molecule has 25 rings (SSSR count). The van der Waals surface area contributed by atoms with Crippen LogP contribution in [0.5, 0.6) is 34.5 Å². The molecule has 0 saturated carbocycles. The van der Waals surface area contributed by atoms with Crippen LogP contribution >= 0.6 is 158 Å². The summed E-state index contributed by atoms with van der Waals surface area (Å²) in [5.41, 5.74) is 5.51. The van der Waals surface area contributed by atoms with E-state index >= 15 is 0 Å². The highest BCUT2D eigenvalue weighted by molar-refractivity contribution is 9.10. The van der Waals surface area contributed by atoms with E-state index in [0.717, 1.165) is 244 Å². The number of aliphatic carboxylic acids is 1. The maximum absolute atomic E-state index is 13.5. The number of ether oxygens (including phenoxy) is 5. The van der Waals surface area contributed by atoms with E-state index in [9.17, 15) is 34.5 Å². The van der Waals surface area contributed by atoms with Crippen LogP contribution in [0.2, 0.25) is 21.7 Å². The number of halogens is 7. The van der Waals surface area contributed by atoms with Crippen molar-refractivity contribution in [3.8, 4) is 34.5 Å². The lowest BCUT2D eigenvalue weighted by Gasteiger charge is -2.30. The minimum atomic E-state index is -0.858. The normalized spacial score (nSPS) is 19.6. The number of aromatic nitrogens is 3. The van der Waals surface area contributed by atoms with Crippen molar-refractivity contribution in [2.24, 2.45) is 23.7 Å². The molecule has 10 aliphatic heterocycles. The van der Waals surface area contributed by atoms with Crippen molar-refractivity contribution in [2.75, 3.05) is 164 Å².